The van der Waals surface area contributed by atoms with Crippen LogP contribution in [0, 0.1) is 6.92 Å². The molecule has 0 aliphatic carbocycles. The van der Waals surface area contributed by atoms with E-state index in [2.05, 4.69) is 15.3 Å². The molecule has 5 heteroatoms. The lowest BCUT2D eigenvalue weighted by Crippen LogP contribution is -2.44. The minimum absolute atomic E-state index is 0.0206. The van der Waals surface area contributed by atoms with Gasteiger partial charge in [0.1, 0.15) is 11.7 Å². The lowest BCUT2D eigenvalue weighted by Gasteiger charge is -2.31. The Morgan fingerprint density at radius 3 is 3.13 bits per heavy atom. The maximum Gasteiger partial charge on any atom is 0.247 e. The number of aromatic nitrogens is 2. The van der Waals surface area contributed by atoms with Crippen LogP contribution in [-0.4, -0.2) is 28.3 Å². The van der Waals surface area contributed by atoms with Crippen LogP contribution in [0.2, 0.25) is 0 Å². The van der Waals surface area contributed by atoms with Crippen LogP contribution in [0.1, 0.15) is 18.5 Å². The number of hydrogen-bond donors (Lipinski definition) is 1. The lowest BCUT2D eigenvalue weighted by atomic mass is 10.1. The van der Waals surface area contributed by atoms with Gasteiger partial charge in [-0.2, -0.15) is 5.10 Å². The van der Waals surface area contributed by atoms with E-state index in [0.29, 0.717) is 0 Å². The van der Waals surface area contributed by atoms with Gasteiger partial charge in [0, 0.05) is 13.6 Å². The van der Waals surface area contributed by atoms with E-state index in [1.165, 1.54) is 0 Å². The molecular weight excluding hydrogens is 192 g/mol. The monoisotopic (exact) mass is 206 g/mol. The highest BCUT2D eigenvalue weighted by Crippen LogP contribution is 2.37. The first-order chi connectivity index (χ1) is 7.18. The molecule has 1 aromatic rings. The van der Waals surface area contributed by atoms with Gasteiger partial charge in [0.2, 0.25) is 5.91 Å². The normalized spacial score (nSPS) is 23.7. The number of anilines is 2. The number of carbonyl (C=O) groups excluding carboxylic acids is 1. The Hall–Kier alpha value is -1.52. The molecule has 1 saturated heterocycles. The summed E-state index contributed by atoms with van der Waals surface area (Å²) < 4.78 is 1.86. The first-order valence-electron chi connectivity index (χ1n) is 5.29. The largest absolute Gasteiger partial charge is 0.343 e. The standard InChI is InChI=1S/C10H14N4O/c1-6-8-10(13(2)12-6)14-5-3-4-7(14)9(15)11-8/h7H,3-5H2,1-2H3,(H,11,15)/t7-/m0/s1. The van der Waals surface area contributed by atoms with Gasteiger partial charge < -0.3 is 10.2 Å². The van der Waals surface area contributed by atoms with Crippen molar-refractivity contribution in [1.82, 2.24) is 9.78 Å². The Morgan fingerprint density at radius 2 is 2.33 bits per heavy atom. The van der Waals surface area contributed by atoms with E-state index < -0.39 is 0 Å². The molecule has 1 amide bonds. The molecule has 80 valence electrons. The van der Waals surface area contributed by atoms with Crippen molar-refractivity contribution in [3.63, 3.8) is 0 Å². The molecule has 0 saturated carbocycles. The molecule has 3 heterocycles. The van der Waals surface area contributed by atoms with Gasteiger partial charge in [-0.25, -0.2) is 0 Å². The minimum Gasteiger partial charge on any atom is -0.343 e. The van der Waals surface area contributed by atoms with E-state index in [0.717, 1.165) is 36.6 Å². The number of nitrogens with zero attached hydrogens (tertiary/aromatic N) is 3. The van der Waals surface area contributed by atoms with E-state index in [9.17, 15) is 4.79 Å². The van der Waals surface area contributed by atoms with Crippen LogP contribution in [0.5, 0.6) is 0 Å². The summed E-state index contributed by atoms with van der Waals surface area (Å²) in [4.78, 5) is 14.0. The fraction of sp³-hybridized carbons (Fsp3) is 0.600. The van der Waals surface area contributed by atoms with Gasteiger partial charge in [0.05, 0.1) is 5.69 Å². The molecule has 2 aliphatic rings. The molecule has 0 bridgehead atoms. The van der Waals surface area contributed by atoms with Crippen molar-refractivity contribution >= 4 is 17.4 Å². The summed E-state index contributed by atoms with van der Waals surface area (Å²) in [5, 5.41) is 7.30. The van der Waals surface area contributed by atoms with Gasteiger partial charge in [-0.1, -0.05) is 0 Å². The van der Waals surface area contributed by atoms with E-state index in [1.807, 2.05) is 18.7 Å². The van der Waals surface area contributed by atoms with E-state index in [1.54, 1.807) is 0 Å². The average Bonchev–Trinajstić information content (AvgIpc) is 2.73. The van der Waals surface area contributed by atoms with Crippen LogP contribution in [0.15, 0.2) is 0 Å². The second kappa shape index (κ2) is 2.74. The number of fused-ring (bicyclic) bond motifs is 3. The first kappa shape index (κ1) is 8.76. The summed E-state index contributed by atoms with van der Waals surface area (Å²) in [7, 11) is 1.93. The Bertz CT molecular complexity index is 437. The van der Waals surface area contributed by atoms with Crippen molar-refractivity contribution in [2.45, 2.75) is 25.8 Å². The molecule has 5 nitrogen and oxygen atoms in total. The minimum atomic E-state index is 0.0206. The molecule has 0 unspecified atom stereocenters. The third-order valence-electron chi connectivity index (χ3n) is 3.27. The Morgan fingerprint density at radius 1 is 1.53 bits per heavy atom. The molecular formula is C10H14N4O. The van der Waals surface area contributed by atoms with Gasteiger partial charge in [0.25, 0.3) is 0 Å². The fourth-order valence-electron chi connectivity index (χ4n) is 2.62. The van der Waals surface area contributed by atoms with E-state index in [4.69, 9.17) is 0 Å². The van der Waals surface area contributed by atoms with Crippen LogP contribution < -0.4 is 10.2 Å². The van der Waals surface area contributed by atoms with Gasteiger partial charge in [0.15, 0.2) is 5.82 Å². The zero-order valence-electron chi connectivity index (χ0n) is 8.95. The number of carbonyl (C=O) groups is 1. The van der Waals surface area contributed by atoms with Crippen LogP contribution >= 0.6 is 0 Å². The topological polar surface area (TPSA) is 50.2 Å². The van der Waals surface area contributed by atoms with E-state index in [-0.39, 0.29) is 11.9 Å². The molecule has 15 heavy (non-hydrogen) atoms. The molecule has 2 aliphatic heterocycles. The van der Waals surface area contributed by atoms with Gasteiger partial charge >= 0.3 is 0 Å². The van der Waals surface area contributed by atoms with Gasteiger partial charge in [-0.05, 0) is 19.8 Å². The highest BCUT2D eigenvalue weighted by Gasteiger charge is 2.39. The Balaban J connectivity index is 2.17. The molecule has 3 rings (SSSR count). The van der Waals surface area contributed by atoms with Crippen molar-refractivity contribution in [1.29, 1.82) is 0 Å². The summed E-state index contributed by atoms with van der Waals surface area (Å²) in [6, 6.07) is 0.0206. The molecule has 0 aromatic carbocycles. The lowest BCUT2D eigenvalue weighted by molar-refractivity contribution is -0.117. The van der Waals surface area contributed by atoms with Crippen molar-refractivity contribution < 1.29 is 4.79 Å². The number of rotatable bonds is 0. The van der Waals surface area contributed by atoms with Crippen molar-refractivity contribution in [2.24, 2.45) is 7.05 Å². The van der Waals surface area contributed by atoms with Crippen LogP contribution in [0.25, 0.3) is 0 Å². The smallest absolute Gasteiger partial charge is 0.247 e. The predicted octanol–water partition coefficient (Wildman–Crippen LogP) is 0.649. The molecule has 0 radical (unpaired) electrons. The second-order valence-corrected chi connectivity index (χ2v) is 4.25. The quantitative estimate of drug-likeness (QED) is 0.678. The van der Waals surface area contributed by atoms with Crippen LogP contribution in [0.3, 0.4) is 0 Å². The summed E-state index contributed by atoms with van der Waals surface area (Å²) in [5.41, 5.74) is 1.78. The highest BCUT2D eigenvalue weighted by molar-refractivity contribution is 6.03. The second-order valence-electron chi connectivity index (χ2n) is 4.25. The number of nitrogens with one attached hydrogen (secondary N) is 1. The van der Waals surface area contributed by atoms with Crippen LogP contribution in [-0.2, 0) is 11.8 Å². The highest BCUT2D eigenvalue weighted by atomic mass is 16.2. The van der Waals surface area contributed by atoms with Gasteiger partial charge in [-0.15, -0.1) is 0 Å². The third-order valence-corrected chi connectivity index (χ3v) is 3.27. The molecule has 0 spiro atoms. The van der Waals surface area contributed by atoms with Gasteiger partial charge in [-0.3, -0.25) is 9.48 Å². The average molecular weight is 206 g/mol. The zero-order valence-corrected chi connectivity index (χ0v) is 8.95. The molecule has 1 atom stereocenters. The SMILES string of the molecule is Cc1nn(C)c2c1NC(=O)[C@@H]1CCCN21. The number of amides is 1. The van der Waals surface area contributed by atoms with Crippen LogP contribution in [0.4, 0.5) is 11.5 Å². The predicted molar refractivity (Wildman–Crippen MR) is 56.9 cm³/mol. The Labute approximate surface area is 88.1 Å². The van der Waals surface area contributed by atoms with E-state index >= 15 is 0 Å². The summed E-state index contributed by atoms with van der Waals surface area (Å²) in [6.45, 7) is 2.89. The zero-order chi connectivity index (χ0) is 10.6. The fourth-order valence-corrected chi connectivity index (χ4v) is 2.62. The molecule has 1 fully saturated rings. The summed E-state index contributed by atoms with van der Waals surface area (Å²) >= 11 is 0. The number of hydrogen-bond acceptors (Lipinski definition) is 3. The molecule has 1 aromatic heterocycles. The molecule has 1 N–H and O–H groups in total. The van der Waals surface area contributed by atoms with Crippen molar-refractivity contribution in [3.8, 4) is 0 Å². The third kappa shape index (κ3) is 1.03. The Kier molecular flexibility index (Phi) is 1.60. The maximum absolute atomic E-state index is 11.8. The number of aryl methyl sites for hydroxylation is 2. The first-order valence-corrected chi connectivity index (χ1v) is 5.29. The summed E-state index contributed by atoms with van der Waals surface area (Å²) in [5.74, 6) is 1.19. The summed E-state index contributed by atoms with van der Waals surface area (Å²) in [6.07, 6.45) is 2.04. The van der Waals surface area contributed by atoms with Crippen molar-refractivity contribution in [3.05, 3.63) is 5.69 Å². The van der Waals surface area contributed by atoms with Crippen molar-refractivity contribution in [2.75, 3.05) is 16.8 Å². The maximum atomic E-state index is 11.8.